The Labute approximate surface area is 89.7 Å². The third-order valence-electron chi connectivity index (χ3n) is 3.74. The van der Waals surface area contributed by atoms with E-state index in [2.05, 4.69) is 17.4 Å². The van der Waals surface area contributed by atoms with E-state index < -0.39 is 0 Å². The van der Waals surface area contributed by atoms with E-state index in [0.717, 1.165) is 5.69 Å². The number of para-hydroxylation sites is 1. The zero-order valence-electron chi connectivity index (χ0n) is 8.70. The summed E-state index contributed by atoms with van der Waals surface area (Å²) < 4.78 is 0. The van der Waals surface area contributed by atoms with Gasteiger partial charge in [0, 0.05) is 12.1 Å². The molecule has 1 aromatic carbocycles. The number of anilines is 1. The van der Waals surface area contributed by atoms with E-state index in [-0.39, 0.29) is 5.91 Å². The Hall–Kier alpha value is -1.31. The summed E-state index contributed by atoms with van der Waals surface area (Å²) in [4.78, 5) is 11.7. The van der Waals surface area contributed by atoms with Crippen LogP contribution in [0.15, 0.2) is 24.3 Å². The van der Waals surface area contributed by atoms with Crippen molar-refractivity contribution in [3.05, 3.63) is 29.8 Å². The molecule has 15 heavy (non-hydrogen) atoms. The molecule has 1 aliphatic carbocycles. The SMILES string of the molecule is O=C1C[C@H]2CCC[C@H]2c2ccccc2N1. The van der Waals surface area contributed by atoms with E-state index in [1.165, 1.54) is 24.8 Å². The number of amides is 1. The summed E-state index contributed by atoms with van der Waals surface area (Å²) in [5.41, 5.74) is 2.39. The highest BCUT2D eigenvalue weighted by Crippen LogP contribution is 2.45. The first kappa shape index (κ1) is 8.96. The molecule has 0 spiro atoms. The predicted octanol–water partition coefficient (Wildman–Crippen LogP) is 2.91. The average molecular weight is 201 g/mol. The molecule has 2 heteroatoms. The Morgan fingerprint density at radius 3 is 3.00 bits per heavy atom. The van der Waals surface area contributed by atoms with Crippen molar-refractivity contribution in [3.8, 4) is 0 Å². The van der Waals surface area contributed by atoms with Crippen LogP contribution in [0.3, 0.4) is 0 Å². The lowest BCUT2D eigenvalue weighted by atomic mass is 9.87. The van der Waals surface area contributed by atoms with Gasteiger partial charge in [0.2, 0.25) is 5.91 Å². The van der Waals surface area contributed by atoms with Crippen LogP contribution in [-0.4, -0.2) is 5.91 Å². The maximum absolute atomic E-state index is 11.7. The summed E-state index contributed by atoms with van der Waals surface area (Å²) >= 11 is 0. The normalized spacial score (nSPS) is 28.9. The molecule has 1 fully saturated rings. The minimum absolute atomic E-state index is 0.192. The van der Waals surface area contributed by atoms with Crippen molar-refractivity contribution in [1.29, 1.82) is 0 Å². The van der Waals surface area contributed by atoms with Crippen LogP contribution >= 0.6 is 0 Å². The number of rotatable bonds is 0. The van der Waals surface area contributed by atoms with Gasteiger partial charge in [0.1, 0.15) is 0 Å². The van der Waals surface area contributed by atoms with E-state index in [1.807, 2.05) is 12.1 Å². The molecule has 1 amide bonds. The molecule has 78 valence electrons. The summed E-state index contributed by atoms with van der Waals surface area (Å²) in [6.07, 6.45) is 4.44. The Balaban J connectivity index is 2.08. The van der Waals surface area contributed by atoms with Crippen LogP contribution in [0.2, 0.25) is 0 Å². The zero-order chi connectivity index (χ0) is 10.3. The highest BCUT2D eigenvalue weighted by atomic mass is 16.1. The highest BCUT2D eigenvalue weighted by molar-refractivity contribution is 5.92. The van der Waals surface area contributed by atoms with Crippen LogP contribution < -0.4 is 5.32 Å². The van der Waals surface area contributed by atoms with Crippen molar-refractivity contribution in [2.24, 2.45) is 5.92 Å². The predicted molar refractivity (Wildman–Crippen MR) is 59.8 cm³/mol. The summed E-state index contributed by atoms with van der Waals surface area (Å²) in [6.45, 7) is 0. The summed E-state index contributed by atoms with van der Waals surface area (Å²) in [5.74, 6) is 1.38. The minimum Gasteiger partial charge on any atom is -0.326 e. The molecule has 1 N–H and O–H groups in total. The van der Waals surface area contributed by atoms with Crippen LogP contribution in [-0.2, 0) is 4.79 Å². The quantitative estimate of drug-likeness (QED) is 0.687. The number of fused-ring (bicyclic) bond motifs is 3. The van der Waals surface area contributed by atoms with E-state index in [0.29, 0.717) is 18.3 Å². The van der Waals surface area contributed by atoms with Gasteiger partial charge in [-0.3, -0.25) is 4.79 Å². The first-order chi connectivity index (χ1) is 7.34. The van der Waals surface area contributed by atoms with Gasteiger partial charge >= 0.3 is 0 Å². The number of hydrogen-bond donors (Lipinski definition) is 1. The minimum atomic E-state index is 0.192. The first-order valence-electron chi connectivity index (χ1n) is 5.73. The summed E-state index contributed by atoms with van der Waals surface area (Å²) in [5, 5.41) is 3.01. The molecule has 3 rings (SSSR count). The second kappa shape index (κ2) is 3.37. The number of nitrogens with one attached hydrogen (secondary N) is 1. The molecule has 0 bridgehead atoms. The molecule has 2 aliphatic rings. The van der Waals surface area contributed by atoms with Gasteiger partial charge in [-0.05, 0) is 36.3 Å². The van der Waals surface area contributed by atoms with Gasteiger partial charge in [-0.25, -0.2) is 0 Å². The Morgan fingerprint density at radius 1 is 1.20 bits per heavy atom. The zero-order valence-corrected chi connectivity index (χ0v) is 8.70. The molecule has 2 nitrogen and oxygen atoms in total. The van der Waals surface area contributed by atoms with Crippen molar-refractivity contribution < 1.29 is 4.79 Å². The van der Waals surface area contributed by atoms with Gasteiger partial charge in [0.15, 0.2) is 0 Å². The first-order valence-corrected chi connectivity index (χ1v) is 5.73. The number of hydrogen-bond acceptors (Lipinski definition) is 1. The Bertz CT molecular complexity index is 399. The van der Waals surface area contributed by atoms with Crippen molar-refractivity contribution in [2.75, 3.05) is 5.32 Å². The lowest BCUT2D eigenvalue weighted by Crippen LogP contribution is -2.13. The molecule has 0 aromatic heterocycles. The number of carbonyl (C=O) groups excluding carboxylic acids is 1. The fourth-order valence-electron chi connectivity index (χ4n) is 3.06. The van der Waals surface area contributed by atoms with Gasteiger partial charge in [0.05, 0.1) is 0 Å². The second-order valence-corrected chi connectivity index (χ2v) is 4.64. The lowest BCUT2D eigenvalue weighted by molar-refractivity contribution is -0.117. The van der Waals surface area contributed by atoms with Crippen molar-refractivity contribution in [1.82, 2.24) is 0 Å². The monoisotopic (exact) mass is 201 g/mol. The van der Waals surface area contributed by atoms with Gasteiger partial charge in [-0.15, -0.1) is 0 Å². The molecular formula is C13H15NO. The smallest absolute Gasteiger partial charge is 0.224 e. The maximum Gasteiger partial charge on any atom is 0.224 e. The van der Waals surface area contributed by atoms with Crippen LogP contribution in [0, 0.1) is 5.92 Å². The summed E-state index contributed by atoms with van der Waals surface area (Å²) in [6, 6.07) is 8.26. The van der Waals surface area contributed by atoms with Crippen molar-refractivity contribution in [3.63, 3.8) is 0 Å². The lowest BCUT2D eigenvalue weighted by Gasteiger charge is -2.16. The largest absolute Gasteiger partial charge is 0.326 e. The number of carbonyl (C=O) groups is 1. The van der Waals surface area contributed by atoms with E-state index in [1.54, 1.807) is 0 Å². The van der Waals surface area contributed by atoms with Crippen LogP contribution in [0.1, 0.15) is 37.2 Å². The Morgan fingerprint density at radius 2 is 2.07 bits per heavy atom. The molecule has 1 saturated carbocycles. The topological polar surface area (TPSA) is 29.1 Å². The fourth-order valence-corrected chi connectivity index (χ4v) is 3.06. The molecule has 1 aromatic rings. The van der Waals surface area contributed by atoms with E-state index in [4.69, 9.17) is 0 Å². The average Bonchev–Trinajstić information content (AvgIpc) is 2.62. The molecule has 1 heterocycles. The fraction of sp³-hybridized carbons (Fsp3) is 0.462. The third-order valence-corrected chi connectivity index (χ3v) is 3.74. The van der Waals surface area contributed by atoms with Gasteiger partial charge in [-0.1, -0.05) is 24.6 Å². The molecule has 1 aliphatic heterocycles. The van der Waals surface area contributed by atoms with Crippen molar-refractivity contribution >= 4 is 11.6 Å². The Kier molecular flexibility index (Phi) is 2.01. The van der Waals surface area contributed by atoms with Crippen molar-refractivity contribution in [2.45, 2.75) is 31.6 Å². The van der Waals surface area contributed by atoms with Crippen LogP contribution in [0.4, 0.5) is 5.69 Å². The highest BCUT2D eigenvalue weighted by Gasteiger charge is 2.34. The molecule has 0 radical (unpaired) electrons. The van der Waals surface area contributed by atoms with Gasteiger partial charge < -0.3 is 5.32 Å². The standard InChI is InChI=1S/C13H15NO/c15-13-8-9-4-3-6-10(9)11-5-1-2-7-12(11)14-13/h1-2,5,7,9-10H,3-4,6,8H2,(H,14,15)/t9-,10-/m1/s1. The van der Waals surface area contributed by atoms with E-state index >= 15 is 0 Å². The third kappa shape index (κ3) is 1.44. The molecule has 0 unspecified atom stereocenters. The molecular weight excluding hydrogens is 186 g/mol. The van der Waals surface area contributed by atoms with Gasteiger partial charge in [-0.2, -0.15) is 0 Å². The second-order valence-electron chi connectivity index (χ2n) is 4.64. The molecule has 0 saturated heterocycles. The van der Waals surface area contributed by atoms with Crippen LogP contribution in [0.25, 0.3) is 0 Å². The van der Waals surface area contributed by atoms with Gasteiger partial charge in [0.25, 0.3) is 0 Å². The molecule has 2 atom stereocenters. The van der Waals surface area contributed by atoms with E-state index in [9.17, 15) is 4.79 Å². The summed E-state index contributed by atoms with van der Waals surface area (Å²) in [7, 11) is 0. The number of benzene rings is 1. The maximum atomic E-state index is 11.7. The van der Waals surface area contributed by atoms with Crippen LogP contribution in [0.5, 0.6) is 0 Å².